The van der Waals surface area contributed by atoms with E-state index < -0.39 is 0 Å². The predicted molar refractivity (Wildman–Crippen MR) is 80.5 cm³/mol. The number of piperidine rings is 1. The Hall–Kier alpha value is -0.630. The molecule has 0 aromatic heterocycles. The van der Waals surface area contributed by atoms with Gasteiger partial charge in [-0.15, -0.1) is 0 Å². The van der Waals surface area contributed by atoms with Gasteiger partial charge in [-0.05, 0) is 55.9 Å². The summed E-state index contributed by atoms with van der Waals surface area (Å²) < 4.78 is 0. The average molecular weight is 273 g/mol. The highest BCUT2D eigenvalue weighted by Gasteiger charge is 2.50. The average Bonchev–Trinajstić information content (AvgIpc) is 3.22. The Morgan fingerprint density at radius 3 is 2.85 bits per heavy atom. The monoisotopic (exact) mass is 273 g/mol. The number of carbonyl (C=O) groups excluding carboxylic acids is 1. The van der Waals surface area contributed by atoms with Crippen molar-refractivity contribution in [1.29, 1.82) is 0 Å². The Labute approximate surface area is 122 Å². The molecule has 1 aliphatic heterocycles. The first kappa shape index (κ1) is 13.1. The van der Waals surface area contributed by atoms with Crippen LogP contribution in [0.15, 0.2) is 11.1 Å². The first-order valence-corrected chi connectivity index (χ1v) is 8.55. The van der Waals surface area contributed by atoms with Gasteiger partial charge in [0.1, 0.15) is 5.78 Å². The van der Waals surface area contributed by atoms with Crippen LogP contribution in [0.25, 0.3) is 0 Å². The van der Waals surface area contributed by atoms with Gasteiger partial charge in [-0.25, -0.2) is 0 Å². The van der Waals surface area contributed by atoms with E-state index in [1.165, 1.54) is 38.8 Å². The molecule has 20 heavy (non-hydrogen) atoms. The number of nitrogens with zero attached hydrogens (tertiary/aromatic N) is 1. The van der Waals surface area contributed by atoms with Gasteiger partial charge in [0.05, 0.1) is 0 Å². The molecule has 0 radical (unpaired) electrons. The molecule has 2 heteroatoms. The zero-order valence-corrected chi connectivity index (χ0v) is 13.0. The smallest absolute Gasteiger partial charge is 0.137 e. The number of hydrogen-bond donors (Lipinski definition) is 0. The Morgan fingerprint density at radius 1 is 1.30 bits per heavy atom. The van der Waals surface area contributed by atoms with Crippen LogP contribution in [0, 0.1) is 17.3 Å². The van der Waals surface area contributed by atoms with E-state index >= 15 is 0 Å². The third-order valence-electron chi connectivity index (χ3n) is 6.81. The van der Waals surface area contributed by atoms with Gasteiger partial charge in [0.25, 0.3) is 0 Å². The molecule has 0 N–H and O–H groups in total. The highest BCUT2D eigenvalue weighted by Crippen LogP contribution is 2.55. The van der Waals surface area contributed by atoms with Crippen molar-refractivity contribution in [2.75, 3.05) is 13.1 Å². The molecule has 4 rings (SSSR count). The molecule has 2 nitrogen and oxygen atoms in total. The lowest BCUT2D eigenvalue weighted by Gasteiger charge is -2.56. The summed E-state index contributed by atoms with van der Waals surface area (Å²) in [4.78, 5) is 14.7. The summed E-state index contributed by atoms with van der Waals surface area (Å²) in [5.74, 6) is 2.20. The minimum atomic E-state index is 0.314. The fourth-order valence-corrected chi connectivity index (χ4v) is 5.04. The molecule has 1 saturated heterocycles. The molecule has 3 aliphatic carbocycles. The normalized spacial score (nSPS) is 41.8. The van der Waals surface area contributed by atoms with Crippen LogP contribution in [-0.2, 0) is 4.79 Å². The van der Waals surface area contributed by atoms with Crippen LogP contribution in [0.1, 0.15) is 58.8 Å². The molecule has 2 bridgehead atoms. The second kappa shape index (κ2) is 4.43. The van der Waals surface area contributed by atoms with E-state index in [0.29, 0.717) is 11.2 Å². The highest BCUT2D eigenvalue weighted by molar-refractivity contribution is 5.83. The van der Waals surface area contributed by atoms with Crippen molar-refractivity contribution >= 4 is 5.78 Å². The van der Waals surface area contributed by atoms with Crippen LogP contribution in [0.4, 0.5) is 0 Å². The maximum Gasteiger partial charge on any atom is 0.137 e. The standard InChI is InChI=1S/C18H27NO/c1-12-17-9-14-5-6-15(20)10-16(14)18(12,2)7-8-19(17)11-13-3-4-13/h12-13,17H,3-11H2,1-2H3/t12?,17-,18-/m1/s1. The van der Waals surface area contributed by atoms with E-state index in [1.54, 1.807) is 11.1 Å². The van der Waals surface area contributed by atoms with E-state index in [9.17, 15) is 4.79 Å². The number of ketones is 1. The molecule has 0 aromatic rings. The van der Waals surface area contributed by atoms with Crippen LogP contribution < -0.4 is 0 Å². The predicted octanol–water partition coefficient (Wildman–Crippen LogP) is 3.57. The van der Waals surface area contributed by atoms with Gasteiger partial charge in [-0.2, -0.15) is 0 Å². The third-order valence-corrected chi connectivity index (χ3v) is 6.81. The largest absolute Gasteiger partial charge is 0.299 e. The Bertz CT molecular complexity index is 476. The summed E-state index contributed by atoms with van der Waals surface area (Å²) in [7, 11) is 0. The Balaban J connectivity index is 1.65. The molecule has 2 fully saturated rings. The van der Waals surface area contributed by atoms with Gasteiger partial charge < -0.3 is 0 Å². The van der Waals surface area contributed by atoms with Gasteiger partial charge in [0.15, 0.2) is 0 Å². The van der Waals surface area contributed by atoms with Gasteiger partial charge in [0, 0.05) is 25.4 Å². The van der Waals surface area contributed by atoms with Crippen LogP contribution in [0.3, 0.4) is 0 Å². The van der Waals surface area contributed by atoms with Gasteiger partial charge in [0.2, 0.25) is 0 Å². The quantitative estimate of drug-likeness (QED) is 0.717. The molecule has 0 amide bonds. The fourth-order valence-electron chi connectivity index (χ4n) is 5.04. The summed E-state index contributed by atoms with van der Waals surface area (Å²) in [5, 5.41) is 0. The van der Waals surface area contributed by atoms with Crippen molar-refractivity contribution < 1.29 is 4.79 Å². The number of rotatable bonds is 2. The van der Waals surface area contributed by atoms with Gasteiger partial charge in [-0.3, -0.25) is 9.69 Å². The molecular formula is C18H27NO. The molecular weight excluding hydrogens is 246 g/mol. The van der Waals surface area contributed by atoms with Crippen LogP contribution in [-0.4, -0.2) is 29.8 Å². The number of Topliss-reactive ketones (excluding diaryl/α,β-unsaturated/α-hetero) is 1. The lowest BCUT2D eigenvalue weighted by molar-refractivity contribution is -0.119. The highest BCUT2D eigenvalue weighted by atomic mass is 16.1. The van der Waals surface area contributed by atoms with E-state index in [1.807, 2.05) is 0 Å². The molecule has 1 saturated carbocycles. The second-order valence-corrected chi connectivity index (χ2v) is 7.96. The Kier molecular flexibility index (Phi) is 2.89. The van der Waals surface area contributed by atoms with E-state index in [-0.39, 0.29) is 0 Å². The van der Waals surface area contributed by atoms with Crippen molar-refractivity contribution in [1.82, 2.24) is 4.90 Å². The van der Waals surface area contributed by atoms with Crippen LogP contribution in [0.5, 0.6) is 0 Å². The molecule has 1 unspecified atom stereocenters. The van der Waals surface area contributed by atoms with E-state index in [4.69, 9.17) is 0 Å². The molecule has 1 heterocycles. The molecule has 0 spiro atoms. The summed E-state index contributed by atoms with van der Waals surface area (Å²) in [6.45, 7) is 7.50. The molecule has 4 aliphatic rings. The zero-order valence-electron chi connectivity index (χ0n) is 13.0. The summed E-state index contributed by atoms with van der Waals surface area (Å²) >= 11 is 0. The lowest BCUT2D eigenvalue weighted by atomic mass is 9.56. The molecule has 110 valence electrons. The van der Waals surface area contributed by atoms with E-state index in [0.717, 1.165) is 37.1 Å². The van der Waals surface area contributed by atoms with Crippen LogP contribution in [0.2, 0.25) is 0 Å². The van der Waals surface area contributed by atoms with Gasteiger partial charge >= 0.3 is 0 Å². The van der Waals surface area contributed by atoms with Crippen molar-refractivity contribution in [3.8, 4) is 0 Å². The van der Waals surface area contributed by atoms with E-state index in [2.05, 4.69) is 18.7 Å². The summed E-state index contributed by atoms with van der Waals surface area (Å²) in [5.41, 5.74) is 3.54. The maximum absolute atomic E-state index is 11.9. The minimum absolute atomic E-state index is 0.314. The van der Waals surface area contributed by atoms with Gasteiger partial charge in [-0.1, -0.05) is 25.0 Å². The number of hydrogen-bond acceptors (Lipinski definition) is 2. The lowest BCUT2D eigenvalue weighted by Crippen LogP contribution is -2.56. The first-order valence-electron chi connectivity index (χ1n) is 8.55. The number of carbonyl (C=O) groups is 1. The second-order valence-electron chi connectivity index (χ2n) is 7.96. The van der Waals surface area contributed by atoms with Crippen molar-refractivity contribution in [3.05, 3.63) is 11.1 Å². The van der Waals surface area contributed by atoms with Crippen molar-refractivity contribution in [3.63, 3.8) is 0 Å². The molecule has 3 atom stereocenters. The van der Waals surface area contributed by atoms with Crippen molar-refractivity contribution in [2.45, 2.75) is 64.8 Å². The third kappa shape index (κ3) is 1.91. The van der Waals surface area contributed by atoms with Crippen LogP contribution >= 0.6 is 0 Å². The fraction of sp³-hybridized carbons (Fsp3) is 0.833. The zero-order chi connectivity index (χ0) is 13.9. The Morgan fingerprint density at radius 2 is 2.10 bits per heavy atom. The molecule has 0 aromatic carbocycles. The number of allylic oxidation sites excluding steroid dienone is 1. The van der Waals surface area contributed by atoms with Crippen molar-refractivity contribution in [2.24, 2.45) is 17.3 Å². The minimum Gasteiger partial charge on any atom is -0.299 e. The number of likely N-dealkylation sites (tertiary alicyclic amines) is 1. The summed E-state index contributed by atoms with van der Waals surface area (Å²) in [6.07, 6.45) is 8.07. The summed E-state index contributed by atoms with van der Waals surface area (Å²) in [6, 6.07) is 0.751. The topological polar surface area (TPSA) is 20.3 Å². The SMILES string of the molecule is CC1[C@H]2CC3=C(CC(=O)CC3)[C@]1(C)CCN2CC1CC1. The first-order chi connectivity index (χ1) is 9.58. The maximum atomic E-state index is 11.9. The number of fused-ring (bicyclic) bond motifs is 3.